The van der Waals surface area contributed by atoms with Gasteiger partial charge in [0.15, 0.2) is 4.34 Å². The van der Waals surface area contributed by atoms with Crippen molar-refractivity contribution >= 4 is 29.0 Å². The van der Waals surface area contributed by atoms with Gasteiger partial charge in [-0.2, -0.15) is 0 Å². The van der Waals surface area contributed by atoms with Gasteiger partial charge in [-0.25, -0.2) is 0 Å². The summed E-state index contributed by atoms with van der Waals surface area (Å²) in [6.45, 7) is 5.33. The Bertz CT molecular complexity index is 567. The van der Waals surface area contributed by atoms with Gasteiger partial charge in [-0.1, -0.05) is 23.1 Å². The molecule has 1 N–H and O–H groups in total. The molecule has 0 atom stereocenters. The molecule has 7 nitrogen and oxygen atoms in total. The first-order valence-electron chi connectivity index (χ1n) is 6.25. The van der Waals surface area contributed by atoms with Crippen LogP contribution in [0.1, 0.15) is 17.8 Å². The van der Waals surface area contributed by atoms with Crippen molar-refractivity contribution in [2.45, 2.75) is 31.2 Å². The second-order valence-electron chi connectivity index (χ2n) is 4.01. The Balaban J connectivity index is 1.67. The molecular formula is C11H16N6OS2. The van der Waals surface area contributed by atoms with Crippen molar-refractivity contribution in [2.24, 2.45) is 0 Å². The number of aryl methyl sites for hydroxylation is 2. The van der Waals surface area contributed by atoms with E-state index >= 15 is 0 Å². The van der Waals surface area contributed by atoms with E-state index in [1.54, 1.807) is 6.33 Å². The molecule has 0 aliphatic rings. The predicted octanol–water partition coefficient (Wildman–Crippen LogP) is 0.909. The average Bonchev–Trinajstić information content (AvgIpc) is 3.05. The molecule has 0 aliphatic heterocycles. The highest BCUT2D eigenvalue weighted by Crippen LogP contribution is 2.21. The van der Waals surface area contributed by atoms with Gasteiger partial charge >= 0.3 is 0 Å². The van der Waals surface area contributed by atoms with E-state index in [4.69, 9.17) is 0 Å². The van der Waals surface area contributed by atoms with Crippen molar-refractivity contribution in [1.82, 2.24) is 30.3 Å². The third-order valence-electron chi connectivity index (χ3n) is 2.54. The summed E-state index contributed by atoms with van der Waals surface area (Å²) in [6.07, 6.45) is 2.38. The van der Waals surface area contributed by atoms with Crippen LogP contribution in [0.25, 0.3) is 0 Å². The molecule has 0 spiro atoms. The SMILES string of the molecule is CCn1cnnc1CCNC(=O)CSc1nnc(C)s1. The Morgan fingerprint density at radius 2 is 2.30 bits per heavy atom. The quantitative estimate of drug-likeness (QED) is 0.765. The van der Waals surface area contributed by atoms with Crippen LogP contribution in [0.15, 0.2) is 10.7 Å². The van der Waals surface area contributed by atoms with Gasteiger partial charge in [-0.3, -0.25) is 4.79 Å². The van der Waals surface area contributed by atoms with Gasteiger partial charge in [0.25, 0.3) is 0 Å². The lowest BCUT2D eigenvalue weighted by atomic mass is 10.4. The smallest absolute Gasteiger partial charge is 0.230 e. The first-order chi connectivity index (χ1) is 9.69. The lowest BCUT2D eigenvalue weighted by molar-refractivity contribution is -0.118. The van der Waals surface area contributed by atoms with E-state index < -0.39 is 0 Å². The minimum Gasteiger partial charge on any atom is -0.355 e. The van der Waals surface area contributed by atoms with E-state index in [1.165, 1.54) is 23.1 Å². The Labute approximate surface area is 125 Å². The summed E-state index contributed by atoms with van der Waals surface area (Å²) in [6, 6.07) is 0. The molecule has 9 heteroatoms. The van der Waals surface area contributed by atoms with Crippen LogP contribution in [-0.2, 0) is 17.8 Å². The van der Waals surface area contributed by atoms with Crippen molar-refractivity contribution in [3.8, 4) is 0 Å². The molecular weight excluding hydrogens is 296 g/mol. The summed E-state index contributed by atoms with van der Waals surface area (Å²) in [5.74, 6) is 1.24. The summed E-state index contributed by atoms with van der Waals surface area (Å²) in [5, 5.41) is 19.5. The van der Waals surface area contributed by atoms with E-state index in [-0.39, 0.29) is 5.91 Å². The van der Waals surface area contributed by atoms with Gasteiger partial charge in [-0.15, -0.1) is 20.4 Å². The van der Waals surface area contributed by atoms with Crippen molar-refractivity contribution in [2.75, 3.05) is 12.3 Å². The predicted molar refractivity (Wildman–Crippen MR) is 77.8 cm³/mol. The Morgan fingerprint density at radius 3 is 3.00 bits per heavy atom. The maximum Gasteiger partial charge on any atom is 0.230 e. The molecule has 2 rings (SSSR count). The number of nitrogens with zero attached hydrogens (tertiary/aromatic N) is 5. The highest BCUT2D eigenvalue weighted by atomic mass is 32.2. The minimum atomic E-state index is -0.00887. The largest absolute Gasteiger partial charge is 0.355 e. The van der Waals surface area contributed by atoms with Crippen molar-refractivity contribution in [3.05, 3.63) is 17.2 Å². The van der Waals surface area contributed by atoms with Crippen molar-refractivity contribution in [1.29, 1.82) is 0 Å². The lowest BCUT2D eigenvalue weighted by Gasteiger charge is -2.05. The molecule has 0 fully saturated rings. The number of aromatic nitrogens is 5. The molecule has 108 valence electrons. The van der Waals surface area contributed by atoms with Gasteiger partial charge in [-0.05, 0) is 13.8 Å². The molecule has 0 unspecified atom stereocenters. The fourth-order valence-electron chi connectivity index (χ4n) is 1.57. The molecule has 2 aromatic rings. The molecule has 0 saturated heterocycles. The Hall–Kier alpha value is -1.48. The maximum absolute atomic E-state index is 11.7. The monoisotopic (exact) mass is 312 g/mol. The summed E-state index contributed by atoms with van der Waals surface area (Å²) in [4.78, 5) is 11.7. The van der Waals surface area contributed by atoms with E-state index in [9.17, 15) is 4.79 Å². The molecule has 0 aromatic carbocycles. The van der Waals surface area contributed by atoms with Crippen LogP contribution in [0.3, 0.4) is 0 Å². The number of thioether (sulfide) groups is 1. The zero-order chi connectivity index (χ0) is 14.4. The highest BCUT2D eigenvalue weighted by molar-refractivity contribution is 8.01. The Morgan fingerprint density at radius 1 is 1.45 bits per heavy atom. The second kappa shape index (κ2) is 7.34. The van der Waals surface area contributed by atoms with Crippen LogP contribution in [0.4, 0.5) is 0 Å². The summed E-state index contributed by atoms with van der Waals surface area (Å²) in [7, 11) is 0. The number of amides is 1. The Kier molecular flexibility index (Phi) is 5.48. The summed E-state index contributed by atoms with van der Waals surface area (Å²) >= 11 is 2.90. The van der Waals surface area contributed by atoms with Crippen LogP contribution in [-0.4, -0.2) is 43.2 Å². The zero-order valence-corrected chi connectivity index (χ0v) is 13.0. The molecule has 0 saturated carbocycles. The first kappa shape index (κ1) is 14.9. The van der Waals surface area contributed by atoms with E-state index in [2.05, 4.69) is 25.7 Å². The number of carbonyl (C=O) groups excluding carboxylic acids is 1. The number of hydrogen-bond donors (Lipinski definition) is 1. The van der Waals surface area contributed by atoms with E-state index in [1.807, 2.05) is 18.4 Å². The molecule has 1 amide bonds. The van der Waals surface area contributed by atoms with Gasteiger partial charge in [0.05, 0.1) is 5.75 Å². The zero-order valence-electron chi connectivity index (χ0n) is 11.4. The first-order valence-corrected chi connectivity index (χ1v) is 8.05. The van der Waals surface area contributed by atoms with Crippen LogP contribution >= 0.6 is 23.1 Å². The third-order valence-corrected chi connectivity index (χ3v) is 4.51. The van der Waals surface area contributed by atoms with Crippen molar-refractivity contribution in [3.63, 3.8) is 0 Å². The lowest BCUT2D eigenvalue weighted by Crippen LogP contribution is -2.28. The van der Waals surface area contributed by atoms with Gasteiger partial charge in [0, 0.05) is 19.5 Å². The number of carbonyl (C=O) groups is 1. The van der Waals surface area contributed by atoms with Crippen LogP contribution < -0.4 is 5.32 Å². The molecule has 0 aliphatic carbocycles. The van der Waals surface area contributed by atoms with E-state index in [0.29, 0.717) is 18.7 Å². The highest BCUT2D eigenvalue weighted by Gasteiger charge is 2.07. The number of hydrogen-bond acceptors (Lipinski definition) is 7. The van der Waals surface area contributed by atoms with Gasteiger partial charge in [0.2, 0.25) is 5.91 Å². The van der Waals surface area contributed by atoms with Crippen LogP contribution in [0.5, 0.6) is 0 Å². The van der Waals surface area contributed by atoms with Gasteiger partial charge < -0.3 is 9.88 Å². The fourth-order valence-corrected chi connectivity index (χ4v) is 3.21. The maximum atomic E-state index is 11.7. The van der Waals surface area contributed by atoms with Crippen molar-refractivity contribution < 1.29 is 4.79 Å². The minimum absolute atomic E-state index is 0.00887. The molecule has 2 heterocycles. The fraction of sp³-hybridized carbons (Fsp3) is 0.545. The standard InChI is InChI=1S/C11H16N6OS2/c1-3-17-7-13-15-9(17)4-5-12-10(18)6-19-11-16-14-8(2)20-11/h7H,3-6H2,1-2H3,(H,12,18). The van der Waals surface area contributed by atoms with Crippen LogP contribution in [0, 0.1) is 6.92 Å². The molecule has 20 heavy (non-hydrogen) atoms. The second-order valence-corrected chi connectivity index (χ2v) is 6.41. The third kappa shape index (κ3) is 4.27. The normalized spacial score (nSPS) is 10.7. The molecule has 0 radical (unpaired) electrons. The molecule has 0 bridgehead atoms. The van der Waals surface area contributed by atoms with Gasteiger partial charge in [0.1, 0.15) is 17.2 Å². The van der Waals surface area contributed by atoms with Crippen LogP contribution in [0.2, 0.25) is 0 Å². The number of rotatable bonds is 7. The average molecular weight is 312 g/mol. The van der Waals surface area contributed by atoms with E-state index in [0.717, 1.165) is 21.7 Å². The summed E-state index contributed by atoms with van der Waals surface area (Å²) in [5.41, 5.74) is 0. The topological polar surface area (TPSA) is 85.6 Å². The molecule has 2 aromatic heterocycles. The summed E-state index contributed by atoms with van der Waals surface area (Å²) < 4.78 is 2.79. The number of nitrogens with one attached hydrogen (secondary N) is 1.